The number of aromatic nitrogens is 3. The van der Waals surface area contributed by atoms with Gasteiger partial charge in [0, 0.05) is 21.4 Å². The van der Waals surface area contributed by atoms with Crippen LogP contribution in [0.25, 0.3) is 21.9 Å². The molecule has 1 saturated carbocycles. The summed E-state index contributed by atoms with van der Waals surface area (Å²) in [6.07, 6.45) is 5.81. The van der Waals surface area contributed by atoms with Gasteiger partial charge in [-0.05, 0) is 31.0 Å². The zero-order valence-corrected chi connectivity index (χ0v) is 14.6. The number of H-pyrrole nitrogens is 1. The van der Waals surface area contributed by atoms with Gasteiger partial charge in [0.15, 0.2) is 0 Å². The van der Waals surface area contributed by atoms with Crippen LogP contribution < -0.4 is 10.9 Å². The van der Waals surface area contributed by atoms with Crippen molar-refractivity contribution >= 4 is 43.8 Å². The maximum absolute atomic E-state index is 12.7. The number of aromatic amines is 1. The summed E-state index contributed by atoms with van der Waals surface area (Å²) >= 11 is 3.43. The molecule has 3 aromatic rings. The fourth-order valence-electron chi connectivity index (χ4n) is 3.37. The lowest BCUT2D eigenvalue weighted by Gasteiger charge is -2.12. The highest BCUT2D eigenvalue weighted by Gasteiger charge is 2.18. The number of fused-ring (bicyclic) bond motifs is 3. The monoisotopic (exact) mass is 388 g/mol. The first-order valence-corrected chi connectivity index (χ1v) is 8.87. The number of rotatable bonds is 3. The van der Waals surface area contributed by atoms with E-state index in [1.54, 1.807) is 0 Å². The molecule has 0 radical (unpaired) electrons. The summed E-state index contributed by atoms with van der Waals surface area (Å²) in [5.41, 5.74) is 1.68. The maximum atomic E-state index is 12.7. The number of nitrogens with zero attached hydrogens (tertiary/aromatic N) is 2. The molecule has 7 heteroatoms. The Labute approximate surface area is 146 Å². The molecular weight excluding hydrogens is 372 g/mol. The molecule has 1 aliphatic rings. The van der Waals surface area contributed by atoms with Crippen LogP contribution in [0.5, 0.6) is 0 Å². The normalized spacial score (nSPS) is 15.4. The Morgan fingerprint density at radius 3 is 2.96 bits per heavy atom. The van der Waals surface area contributed by atoms with E-state index in [9.17, 15) is 9.59 Å². The van der Waals surface area contributed by atoms with E-state index in [0.717, 1.165) is 41.1 Å². The van der Waals surface area contributed by atoms with Crippen molar-refractivity contribution in [3.8, 4) is 0 Å². The molecule has 24 heavy (non-hydrogen) atoms. The van der Waals surface area contributed by atoms with E-state index in [1.165, 1.54) is 10.9 Å². The predicted molar refractivity (Wildman–Crippen MR) is 96.0 cm³/mol. The average Bonchev–Trinajstić information content (AvgIpc) is 3.18. The second kappa shape index (κ2) is 6.05. The quantitative estimate of drug-likeness (QED) is 0.723. The Hall–Kier alpha value is -2.15. The van der Waals surface area contributed by atoms with Gasteiger partial charge in [-0.1, -0.05) is 28.8 Å². The molecule has 1 aromatic carbocycles. The predicted octanol–water partition coefficient (Wildman–Crippen LogP) is 2.70. The van der Waals surface area contributed by atoms with Crippen LogP contribution in [-0.2, 0) is 11.3 Å². The zero-order valence-electron chi connectivity index (χ0n) is 13.0. The van der Waals surface area contributed by atoms with Gasteiger partial charge in [-0.25, -0.2) is 4.98 Å². The Bertz CT molecular complexity index is 985. The van der Waals surface area contributed by atoms with Crippen molar-refractivity contribution in [1.82, 2.24) is 19.9 Å². The number of hydrogen-bond acceptors (Lipinski definition) is 3. The largest absolute Gasteiger partial charge is 0.352 e. The summed E-state index contributed by atoms with van der Waals surface area (Å²) in [5.74, 6) is -0.135. The summed E-state index contributed by atoms with van der Waals surface area (Å²) in [7, 11) is 0. The van der Waals surface area contributed by atoms with E-state index in [4.69, 9.17) is 0 Å². The molecule has 2 N–H and O–H groups in total. The molecule has 0 unspecified atom stereocenters. The molecule has 2 aromatic heterocycles. The molecule has 4 rings (SSSR count). The van der Waals surface area contributed by atoms with Gasteiger partial charge in [-0.2, -0.15) is 0 Å². The van der Waals surface area contributed by atoms with Crippen molar-refractivity contribution in [3.63, 3.8) is 0 Å². The first-order valence-electron chi connectivity index (χ1n) is 8.07. The summed E-state index contributed by atoms with van der Waals surface area (Å²) in [5, 5.41) is 3.88. The topological polar surface area (TPSA) is 79.8 Å². The molecule has 6 nitrogen and oxygen atoms in total. The molecule has 1 amide bonds. The molecule has 2 heterocycles. The first-order chi connectivity index (χ1) is 11.6. The van der Waals surface area contributed by atoms with Crippen LogP contribution in [0.4, 0.5) is 0 Å². The van der Waals surface area contributed by atoms with Gasteiger partial charge in [-0.15, -0.1) is 0 Å². The molecule has 124 valence electrons. The highest BCUT2D eigenvalue weighted by Crippen LogP contribution is 2.24. The minimum atomic E-state index is -0.228. The highest BCUT2D eigenvalue weighted by atomic mass is 79.9. The van der Waals surface area contributed by atoms with E-state index >= 15 is 0 Å². The highest BCUT2D eigenvalue weighted by molar-refractivity contribution is 9.10. The number of benzene rings is 1. The van der Waals surface area contributed by atoms with Gasteiger partial charge in [0.2, 0.25) is 5.91 Å². The van der Waals surface area contributed by atoms with E-state index < -0.39 is 0 Å². The third-order valence-electron chi connectivity index (χ3n) is 4.57. The van der Waals surface area contributed by atoms with Crippen molar-refractivity contribution < 1.29 is 4.79 Å². The molecule has 1 aliphatic carbocycles. The molecule has 1 fully saturated rings. The van der Waals surface area contributed by atoms with Crippen LogP contribution in [0.2, 0.25) is 0 Å². The Morgan fingerprint density at radius 2 is 2.17 bits per heavy atom. The van der Waals surface area contributed by atoms with Crippen molar-refractivity contribution in [2.24, 2.45) is 0 Å². The van der Waals surface area contributed by atoms with Crippen molar-refractivity contribution in [2.45, 2.75) is 38.3 Å². The van der Waals surface area contributed by atoms with Crippen LogP contribution in [0.3, 0.4) is 0 Å². The fourth-order valence-corrected chi connectivity index (χ4v) is 3.73. The molecule has 0 aliphatic heterocycles. The van der Waals surface area contributed by atoms with Crippen LogP contribution >= 0.6 is 15.9 Å². The molecule has 0 saturated heterocycles. The van der Waals surface area contributed by atoms with Gasteiger partial charge in [0.25, 0.3) is 5.56 Å². The Morgan fingerprint density at radius 1 is 1.38 bits per heavy atom. The number of carbonyl (C=O) groups excluding carboxylic acids is 1. The lowest BCUT2D eigenvalue weighted by atomic mass is 10.2. The van der Waals surface area contributed by atoms with E-state index in [2.05, 4.69) is 31.2 Å². The van der Waals surface area contributed by atoms with Crippen LogP contribution in [-0.4, -0.2) is 26.5 Å². The summed E-state index contributed by atoms with van der Waals surface area (Å²) < 4.78 is 2.29. The number of hydrogen-bond donors (Lipinski definition) is 2. The minimum absolute atomic E-state index is 0.00265. The van der Waals surface area contributed by atoms with E-state index in [0.29, 0.717) is 11.0 Å². The van der Waals surface area contributed by atoms with Crippen LogP contribution in [0, 0.1) is 0 Å². The fraction of sp³-hybridized carbons (Fsp3) is 0.353. The second-order valence-electron chi connectivity index (χ2n) is 6.27. The van der Waals surface area contributed by atoms with Gasteiger partial charge in [0.05, 0.1) is 6.33 Å². The van der Waals surface area contributed by atoms with E-state index in [1.807, 2.05) is 18.2 Å². The smallest absolute Gasteiger partial charge is 0.278 e. The van der Waals surface area contributed by atoms with Crippen LogP contribution in [0.15, 0.2) is 33.8 Å². The van der Waals surface area contributed by atoms with Crippen molar-refractivity contribution in [3.05, 3.63) is 39.4 Å². The zero-order chi connectivity index (χ0) is 16.7. The summed E-state index contributed by atoms with van der Waals surface area (Å²) in [6.45, 7) is -0.00265. The Balaban J connectivity index is 1.66. The third kappa shape index (κ3) is 2.73. The molecular formula is C17H17BrN4O2. The number of halogens is 1. The Kier molecular flexibility index (Phi) is 3.88. The lowest BCUT2D eigenvalue weighted by Crippen LogP contribution is -2.37. The summed E-state index contributed by atoms with van der Waals surface area (Å²) in [4.78, 5) is 32.3. The second-order valence-corrected chi connectivity index (χ2v) is 7.18. The molecule has 0 atom stereocenters. The standard InChI is InChI=1S/C17H17BrN4O2/c18-10-5-6-13-12(7-10)15-16(21-13)17(24)22(9-19-15)8-14(23)20-11-3-1-2-4-11/h5-7,9,11,21H,1-4,8H2,(H,20,23). The SMILES string of the molecule is O=C(Cn1cnc2c([nH]c3ccc(Br)cc32)c1=O)NC1CCCC1. The third-order valence-corrected chi connectivity index (χ3v) is 5.06. The number of amides is 1. The van der Waals surface area contributed by atoms with Gasteiger partial charge in [0.1, 0.15) is 17.6 Å². The van der Waals surface area contributed by atoms with Crippen LogP contribution in [0.1, 0.15) is 25.7 Å². The molecule has 0 spiro atoms. The van der Waals surface area contributed by atoms with E-state index in [-0.39, 0.29) is 24.1 Å². The average molecular weight is 389 g/mol. The maximum Gasteiger partial charge on any atom is 0.278 e. The number of carbonyl (C=O) groups is 1. The molecule has 0 bridgehead atoms. The van der Waals surface area contributed by atoms with Gasteiger partial charge < -0.3 is 10.3 Å². The van der Waals surface area contributed by atoms with Gasteiger partial charge in [-0.3, -0.25) is 14.2 Å². The first kappa shape index (κ1) is 15.4. The van der Waals surface area contributed by atoms with Crippen molar-refractivity contribution in [1.29, 1.82) is 0 Å². The minimum Gasteiger partial charge on any atom is -0.352 e. The lowest BCUT2D eigenvalue weighted by molar-refractivity contribution is -0.122. The number of nitrogens with one attached hydrogen (secondary N) is 2. The van der Waals surface area contributed by atoms with Gasteiger partial charge >= 0.3 is 0 Å². The van der Waals surface area contributed by atoms with Crippen molar-refractivity contribution in [2.75, 3.05) is 0 Å². The summed E-state index contributed by atoms with van der Waals surface area (Å²) in [6, 6.07) is 5.98.